The summed E-state index contributed by atoms with van der Waals surface area (Å²) in [6.07, 6.45) is 4.56. The van der Waals surface area contributed by atoms with E-state index in [1.54, 1.807) is 6.20 Å². The number of hydrogen-bond acceptors (Lipinski definition) is 5. The van der Waals surface area contributed by atoms with E-state index in [4.69, 9.17) is 4.74 Å². The number of methoxy groups -OCH3 is 1. The minimum atomic E-state index is -0.723. The molecule has 2 N–H and O–H groups in total. The van der Waals surface area contributed by atoms with Crippen LogP contribution in [0.4, 0.5) is 0 Å². The van der Waals surface area contributed by atoms with Crippen LogP contribution in [0.5, 0.6) is 0 Å². The highest BCUT2D eigenvalue weighted by molar-refractivity contribution is 5.84. The van der Waals surface area contributed by atoms with Gasteiger partial charge in [-0.2, -0.15) is 0 Å². The predicted octanol–water partition coefficient (Wildman–Crippen LogP) is 0.427. The number of aromatic nitrogens is 2. The van der Waals surface area contributed by atoms with Gasteiger partial charge in [0.25, 0.3) is 0 Å². The van der Waals surface area contributed by atoms with Crippen molar-refractivity contribution >= 4 is 11.9 Å². The number of carbonyl (C=O) groups excluding carboxylic acids is 2. The van der Waals surface area contributed by atoms with E-state index in [0.29, 0.717) is 19.6 Å². The van der Waals surface area contributed by atoms with Crippen molar-refractivity contribution in [3.63, 3.8) is 0 Å². The summed E-state index contributed by atoms with van der Waals surface area (Å²) in [6.45, 7) is 2.97. The maximum absolute atomic E-state index is 11.7. The first-order valence-electron chi connectivity index (χ1n) is 6.59. The van der Waals surface area contributed by atoms with Gasteiger partial charge in [0.15, 0.2) is 0 Å². The van der Waals surface area contributed by atoms with Crippen molar-refractivity contribution in [2.45, 2.75) is 32.2 Å². The van der Waals surface area contributed by atoms with E-state index in [2.05, 4.69) is 20.0 Å². The molecule has 0 spiro atoms. The van der Waals surface area contributed by atoms with E-state index in [9.17, 15) is 9.59 Å². The van der Waals surface area contributed by atoms with Gasteiger partial charge in [-0.1, -0.05) is 6.92 Å². The van der Waals surface area contributed by atoms with E-state index in [1.807, 2.05) is 6.92 Å². The molecule has 0 saturated heterocycles. The van der Waals surface area contributed by atoms with Gasteiger partial charge < -0.3 is 19.8 Å². The standard InChI is InChI=1S/C13H21N3O4/c1-3-5-20-6-4-12(17)16-11(13(18)19-2)7-10-8-14-9-15-10/h8-9,11H,3-7H2,1-2H3,(H,14,15)(H,16,17)/t11-/m0/s1. The SMILES string of the molecule is CCCOCCC(=O)N[C@@H](Cc1cnc[nH]1)C(=O)OC. The molecular formula is C13H21N3O4. The number of rotatable bonds is 9. The number of hydrogen-bond donors (Lipinski definition) is 2. The van der Waals surface area contributed by atoms with Crippen LogP contribution in [0, 0.1) is 0 Å². The average molecular weight is 283 g/mol. The molecule has 0 fully saturated rings. The smallest absolute Gasteiger partial charge is 0.328 e. The first-order chi connectivity index (χ1) is 9.67. The Morgan fingerprint density at radius 2 is 2.25 bits per heavy atom. The van der Waals surface area contributed by atoms with Gasteiger partial charge in [-0.15, -0.1) is 0 Å². The maximum Gasteiger partial charge on any atom is 0.328 e. The molecule has 0 bridgehead atoms. The van der Waals surface area contributed by atoms with Gasteiger partial charge in [-0.05, 0) is 6.42 Å². The molecule has 0 aromatic carbocycles. The number of nitrogens with zero attached hydrogens (tertiary/aromatic N) is 1. The lowest BCUT2D eigenvalue weighted by molar-refractivity contribution is -0.145. The zero-order chi connectivity index (χ0) is 14.8. The van der Waals surface area contributed by atoms with Crippen LogP contribution in [0.2, 0.25) is 0 Å². The zero-order valence-corrected chi connectivity index (χ0v) is 11.8. The third-order valence-electron chi connectivity index (χ3n) is 2.62. The van der Waals surface area contributed by atoms with Gasteiger partial charge in [0, 0.05) is 31.3 Å². The second-order valence-electron chi connectivity index (χ2n) is 4.29. The van der Waals surface area contributed by atoms with Crippen LogP contribution in [-0.4, -0.2) is 48.2 Å². The summed E-state index contributed by atoms with van der Waals surface area (Å²) in [7, 11) is 1.29. The Bertz CT molecular complexity index is 406. The normalized spacial score (nSPS) is 11.9. The fraction of sp³-hybridized carbons (Fsp3) is 0.615. The van der Waals surface area contributed by atoms with E-state index in [1.165, 1.54) is 13.4 Å². The quantitative estimate of drug-likeness (QED) is 0.506. The van der Waals surface area contributed by atoms with Gasteiger partial charge in [-0.25, -0.2) is 9.78 Å². The van der Waals surface area contributed by atoms with Crippen molar-refractivity contribution in [1.29, 1.82) is 0 Å². The molecular weight excluding hydrogens is 262 g/mol. The molecule has 7 heteroatoms. The van der Waals surface area contributed by atoms with E-state index in [-0.39, 0.29) is 12.3 Å². The average Bonchev–Trinajstić information content (AvgIpc) is 2.95. The predicted molar refractivity (Wildman–Crippen MR) is 72.0 cm³/mol. The van der Waals surface area contributed by atoms with Crippen molar-refractivity contribution in [3.8, 4) is 0 Å². The summed E-state index contributed by atoms with van der Waals surface area (Å²) < 4.78 is 9.92. The first kappa shape index (κ1) is 16.2. The molecule has 1 rings (SSSR count). The lowest BCUT2D eigenvalue weighted by Gasteiger charge is -2.15. The molecule has 112 valence electrons. The van der Waals surface area contributed by atoms with Crippen molar-refractivity contribution in [2.24, 2.45) is 0 Å². The Labute approximate surface area is 118 Å². The van der Waals surface area contributed by atoms with Crippen molar-refractivity contribution in [2.75, 3.05) is 20.3 Å². The molecule has 1 aromatic rings. The van der Waals surface area contributed by atoms with Crippen molar-refractivity contribution in [3.05, 3.63) is 18.2 Å². The summed E-state index contributed by atoms with van der Waals surface area (Å²) >= 11 is 0. The van der Waals surface area contributed by atoms with Crippen molar-refractivity contribution < 1.29 is 19.1 Å². The van der Waals surface area contributed by atoms with Gasteiger partial charge in [0.05, 0.1) is 20.0 Å². The summed E-state index contributed by atoms with van der Waals surface area (Å²) in [6, 6.07) is -0.723. The minimum absolute atomic E-state index is 0.219. The maximum atomic E-state index is 11.7. The Balaban J connectivity index is 2.43. The number of carbonyl (C=O) groups is 2. The number of H-pyrrole nitrogens is 1. The van der Waals surface area contributed by atoms with Crippen LogP contribution < -0.4 is 5.32 Å². The minimum Gasteiger partial charge on any atom is -0.467 e. The Morgan fingerprint density at radius 1 is 1.45 bits per heavy atom. The molecule has 0 aliphatic heterocycles. The van der Waals surface area contributed by atoms with Crippen LogP contribution >= 0.6 is 0 Å². The summed E-state index contributed by atoms with van der Waals surface area (Å²) in [5, 5.41) is 2.64. The van der Waals surface area contributed by atoms with Gasteiger partial charge in [0.2, 0.25) is 5.91 Å². The molecule has 0 radical (unpaired) electrons. The van der Waals surface area contributed by atoms with Gasteiger partial charge in [0.1, 0.15) is 6.04 Å². The molecule has 0 aliphatic carbocycles. The molecule has 1 heterocycles. The monoisotopic (exact) mass is 283 g/mol. The first-order valence-corrected chi connectivity index (χ1v) is 6.59. The van der Waals surface area contributed by atoms with Crippen molar-refractivity contribution in [1.82, 2.24) is 15.3 Å². The van der Waals surface area contributed by atoms with Crippen LogP contribution in [-0.2, 0) is 25.5 Å². The van der Waals surface area contributed by atoms with Gasteiger partial charge >= 0.3 is 5.97 Å². The molecule has 0 saturated carbocycles. The topological polar surface area (TPSA) is 93.3 Å². The van der Waals surface area contributed by atoms with E-state index >= 15 is 0 Å². The van der Waals surface area contributed by atoms with Crippen LogP contribution in [0.15, 0.2) is 12.5 Å². The summed E-state index contributed by atoms with van der Waals surface area (Å²) in [5.41, 5.74) is 0.753. The van der Waals surface area contributed by atoms with Crippen LogP contribution in [0.1, 0.15) is 25.5 Å². The van der Waals surface area contributed by atoms with Crippen LogP contribution in [0.3, 0.4) is 0 Å². The Morgan fingerprint density at radius 3 is 2.85 bits per heavy atom. The lowest BCUT2D eigenvalue weighted by Crippen LogP contribution is -2.43. The Hall–Kier alpha value is -1.89. The molecule has 7 nitrogen and oxygen atoms in total. The van der Waals surface area contributed by atoms with Gasteiger partial charge in [-0.3, -0.25) is 4.79 Å². The second-order valence-corrected chi connectivity index (χ2v) is 4.29. The number of aromatic amines is 1. The summed E-state index contributed by atoms with van der Waals surface area (Å²) in [5.74, 6) is -0.724. The number of imidazole rings is 1. The number of ether oxygens (including phenoxy) is 2. The third-order valence-corrected chi connectivity index (χ3v) is 2.62. The second kappa shape index (κ2) is 9.08. The fourth-order valence-electron chi connectivity index (χ4n) is 1.63. The lowest BCUT2D eigenvalue weighted by atomic mass is 10.1. The highest BCUT2D eigenvalue weighted by Crippen LogP contribution is 2.01. The molecule has 1 amide bonds. The molecule has 0 unspecified atom stereocenters. The fourth-order valence-corrected chi connectivity index (χ4v) is 1.63. The number of amides is 1. The van der Waals surface area contributed by atoms with E-state index in [0.717, 1.165) is 12.1 Å². The molecule has 1 atom stereocenters. The van der Waals surface area contributed by atoms with Crippen LogP contribution in [0.25, 0.3) is 0 Å². The zero-order valence-electron chi connectivity index (χ0n) is 11.8. The number of nitrogens with one attached hydrogen (secondary N) is 2. The molecule has 20 heavy (non-hydrogen) atoms. The highest BCUT2D eigenvalue weighted by atomic mass is 16.5. The summed E-state index contributed by atoms with van der Waals surface area (Å²) in [4.78, 5) is 30.1. The third kappa shape index (κ3) is 5.83. The largest absolute Gasteiger partial charge is 0.467 e. The molecule has 1 aromatic heterocycles. The number of esters is 1. The highest BCUT2D eigenvalue weighted by Gasteiger charge is 2.22. The molecule has 0 aliphatic rings. The van der Waals surface area contributed by atoms with E-state index < -0.39 is 12.0 Å². The Kier molecular flexibility index (Phi) is 7.34.